The molecule has 3 heterocycles. The van der Waals surface area contributed by atoms with Gasteiger partial charge >= 0.3 is 12.3 Å². The number of ether oxygens (including phenoxy) is 1. The van der Waals surface area contributed by atoms with Crippen molar-refractivity contribution in [2.45, 2.75) is 50.6 Å². The molecule has 40 heavy (non-hydrogen) atoms. The molecule has 13 heteroatoms. The highest BCUT2D eigenvalue weighted by atomic mass is 32.1. The van der Waals surface area contributed by atoms with E-state index in [1.165, 1.54) is 35.6 Å². The summed E-state index contributed by atoms with van der Waals surface area (Å²) in [7, 11) is 0. The van der Waals surface area contributed by atoms with Crippen LogP contribution in [0.4, 0.5) is 22.7 Å². The summed E-state index contributed by atoms with van der Waals surface area (Å²) in [4.78, 5) is 17.7. The number of anilines is 1. The maximum atomic E-state index is 14.4. The molecular weight excluding hydrogens is 552 g/mol. The van der Waals surface area contributed by atoms with Crippen LogP contribution in [0.25, 0.3) is 21.5 Å². The van der Waals surface area contributed by atoms with Gasteiger partial charge in [0, 0.05) is 42.7 Å². The number of halogens is 4. The number of rotatable bonds is 8. The molecule has 4 aromatic rings. The highest BCUT2D eigenvalue weighted by Gasteiger charge is 2.36. The number of nitrogens with zero attached hydrogens (tertiary/aromatic N) is 3. The Kier molecular flexibility index (Phi) is 6.87. The first-order valence-electron chi connectivity index (χ1n) is 12.8. The number of alkyl halides is 3. The predicted molar refractivity (Wildman–Crippen MR) is 139 cm³/mol. The summed E-state index contributed by atoms with van der Waals surface area (Å²) >= 11 is 1.26. The molecular formula is C27H24F4N4O4S. The topological polar surface area (TPSA) is 101 Å². The monoisotopic (exact) mass is 576 g/mol. The van der Waals surface area contributed by atoms with Gasteiger partial charge in [-0.05, 0) is 49.9 Å². The van der Waals surface area contributed by atoms with Gasteiger partial charge < -0.3 is 24.6 Å². The van der Waals surface area contributed by atoms with Crippen LogP contribution in [-0.2, 0) is 6.54 Å². The van der Waals surface area contributed by atoms with Gasteiger partial charge in [0.25, 0.3) is 0 Å². The Labute approximate surface area is 229 Å². The van der Waals surface area contributed by atoms with Gasteiger partial charge in [-0.15, -0.1) is 13.2 Å². The Hall–Kier alpha value is -3.71. The number of piperidine rings is 1. The van der Waals surface area contributed by atoms with Crippen molar-refractivity contribution in [2.75, 3.05) is 18.0 Å². The fraction of sp³-hybridized carbons (Fsp3) is 0.370. The molecule has 8 nitrogen and oxygen atoms in total. The molecule has 2 N–H and O–H groups in total. The van der Waals surface area contributed by atoms with E-state index in [0.717, 1.165) is 37.3 Å². The van der Waals surface area contributed by atoms with E-state index in [1.54, 1.807) is 6.07 Å². The molecule has 0 radical (unpaired) electrons. The average Bonchev–Trinajstić information content (AvgIpc) is 3.52. The molecule has 0 spiro atoms. The normalized spacial score (nSPS) is 16.6. The second-order valence-corrected chi connectivity index (χ2v) is 10.9. The number of thiazole rings is 1. The van der Waals surface area contributed by atoms with Crippen molar-refractivity contribution in [3.05, 3.63) is 59.1 Å². The lowest BCUT2D eigenvalue weighted by atomic mass is 10.0. The molecule has 0 unspecified atom stereocenters. The van der Waals surface area contributed by atoms with Crippen LogP contribution in [0.15, 0.2) is 40.9 Å². The minimum atomic E-state index is -4.83. The van der Waals surface area contributed by atoms with Gasteiger partial charge in [-0.25, -0.2) is 14.2 Å². The molecule has 2 aliphatic rings. The Balaban J connectivity index is 1.15. The van der Waals surface area contributed by atoms with E-state index in [2.05, 4.69) is 20.2 Å². The van der Waals surface area contributed by atoms with Crippen molar-refractivity contribution in [3.63, 3.8) is 0 Å². The van der Waals surface area contributed by atoms with Gasteiger partial charge in [0.2, 0.25) is 0 Å². The van der Waals surface area contributed by atoms with E-state index in [1.807, 2.05) is 4.90 Å². The van der Waals surface area contributed by atoms with Crippen molar-refractivity contribution in [2.24, 2.45) is 0 Å². The highest BCUT2D eigenvalue weighted by molar-refractivity contribution is 7.22. The number of carboxylic acids is 1. The van der Waals surface area contributed by atoms with Crippen molar-refractivity contribution < 1.29 is 36.7 Å². The number of hydrogen-bond acceptors (Lipinski definition) is 8. The smallest absolute Gasteiger partial charge is 0.478 e. The van der Waals surface area contributed by atoms with E-state index in [0.29, 0.717) is 40.9 Å². The summed E-state index contributed by atoms with van der Waals surface area (Å²) < 4.78 is 63.9. The third-order valence-corrected chi connectivity index (χ3v) is 8.21. The van der Waals surface area contributed by atoms with Crippen LogP contribution in [-0.4, -0.2) is 46.7 Å². The summed E-state index contributed by atoms with van der Waals surface area (Å²) in [6.45, 7) is 1.68. The molecule has 2 aromatic heterocycles. The molecule has 6 rings (SSSR count). The van der Waals surface area contributed by atoms with Gasteiger partial charge in [-0.2, -0.15) is 0 Å². The molecule has 0 atom stereocenters. The average molecular weight is 577 g/mol. The number of nitrogens with one attached hydrogen (secondary N) is 1. The molecule has 0 bridgehead atoms. The first kappa shape index (κ1) is 26.5. The summed E-state index contributed by atoms with van der Waals surface area (Å²) in [5.41, 5.74) is 1.33. The van der Waals surface area contributed by atoms with Crippen LogP contribution in [0.1, 0.15) is 53.3 Å². The fourth-order valence-corrected chi connectivity index (χ4v) is 6.07. The lowest BCUT2D eigenvalue weighted by Gasteiger charge is -2.32. The van der Waals surface area contributed by atoms with Crippen molar-refractivity contribution in [1.29, 1.82) is 0 Å². The number of benzene rings is 2. The number of hydrogen-bond donors (Lipinski definition) is 2. The van der Waals surface area contributed by atoms with Gasteiger partial charge in [0.15, 0.2) is 10.9 Å². The van der Waals surface area contributed by atoms with E-state index in [9.17, 15) is 27.5 Å². The molecule has 1 aliphatic heterocycles. The second-order valence-electron chi connectivity index (χ2n) is 9.94. The zero-order chi connectivity index (χ0) is 28.0. The predicted octanol–water partition coefficient (Wildman–Crippen LogP) is 6.32. The van der Waals surface area contributed by atoms with Crippen LogP contribution in [0.2, 0.25) is 0 Å². The molecule has 2 aromatic carbocycles. The van der Waals surface area contributed by atoms with Crippen LogP contribution in [0.3, 0.4) is 0 Å². The summed E-state index contributed by atoms with van der Waals surface area (Å²) in [6.07, 6.45) is -1.44. The SMILES string of the molecule is O=C(O)c1cc(F)c2nc(N3CCC(NCc4c(-c5ccccc5OC(F)(F)F)noc4C4CC4)CC3)sc2c1. The number of carbonyl (C=O) groups is 1. The Morgan fingerprint density at radius 2 is 1.93 bits per heavy atom. The third kappa shape index (κ3) is 5.48. The number of para-hydroxylation sites is 1. The minimum absolute atomic E-state index is 0.116. The third-order valence-electron chi connectivity index (χ3n) is 7.15. The van der Waals surface area contributed by atoms with Crippen LogP contribution in [0.5, 0.6) is 5.75 Å². The Morgan fingerprint density at radius 1 is 1.18 bits per heavy atom. The second kappa shape index (κ2) is 10.4. The Bertz CT molecular complexity index is 1560. The number of aromatic nitrogens is 2. The minimum Gasteiger partial charge on any atom is -0.478 e. The molecule has 210 valence electrons. The number of carboxylic acid groups (broad SMARTS) is 1. The number of fused-ring (bicyclic) bond motifs is 1. The zero-order valence-electron chi connectivity index (χ0n) is 21.0. The van der Waals surface area contributed by atoms with Crippen LogP contribution in [0, 0.1) is 5.82 Å². The number of aromatic carboxylic acids is 1. The largest absolute Gasteiger partial charge is 0.573 e. The quantitative estimate of drug-likeness (QED) is 0.235. The van der Waals surface area contributed by atoms with Crippen molar-refractivity contribution in [1.82, 2.24) is 15.5 Å². The maximum absolute atomic E-state index is 14.4. The summed E-state index contributed by atoms with van der Waals surface area (Å²) in [5, 5.41) is 17.5. The molecule has 1 aliphatic carbocycles. The highest BCUT2D eigenvalue weighted by Crippen LogP contribution is 2.45. The van der Waals surface area contributed by atoms with Crippen molar-refractivity contribution in [3.8, 4) is 17.0 Å². The van der Waals surface area contributed by atoms with Gasteiger partial charge in [0.1, 0.15) is 22.7 Å². The molecule has 0 amide bonds. The first-order valence-corrected chi connectivity index (χ1v) is 13.6. The van der Waals surface area contributed by atoms with Crippen molar-refractivity contribution >= 4 is 32.7 Å². The van der Waals surface area contributed by atoms with Gasteiger partial charge in [0.05, 0.1) is 10.3 Å². The van der Waals surface area contributed by atoms with E-state index >= 15 is 0 Å². The van der Waals surface area contributed by atoms with E-state index in [-0.39, 0.29) is 34.4 Å². The van der Waals surface area contributed by atoms with Crippen LogP contribution >= 0.6 is 11.3 Å². The maximum Gasteiger partial charge on any atom is 0.573 e. The molecule has 1 saturated carbocycles. The van der Waals surface area contributed by atoms with E-state index in [4.69, 9.17) is 4.52 Å². The lowest BCUT2D eigenvalue weighted by molar-refractivity contribution is -0.274. The zero-order valence-corrected chi connectivity index (χ0v) is 21.8. The molecule has 2 fully saturated rings. The summed E-state index contributed by atoms with van der Waals surface area (Å²) in [6, 6.07) is 8.44. The van der Waals surface area contributed by atoms with Crippen LogP contribution < -0.4 is 15.0 Å². The van der Waals surface area contributed by atoms with Gasteiger partial charge in [-0.3, -0.25) is 0 Å². The first-order chi connectivity index (χ1) is 19.2. The standard InChI is InChI=1S/C27H24F4N4O4S/c28-19-11-15(25(36)37)12-21-23(19)33-26(40-21)35-9-7-16(8-10-35)32-13-18-22(34-39-24(18)14-5-6-14)17-3-1-2-4-20(17)38-27(29,30)31/h1-4,11-12,14,16,32H,5-10,13H2,(H,36,37). The lowest BCUT2D eigenvalue weighted by Crippen LogP contribution is -2.42. The van der Waals surface area contributed by atoms with E-state index < -0.39 is 18.1 Å². The fourth-order valence-electron chi connectivity index (χ4n) is 5.00. The van der Waals surface area contributed by atoms with Gasteiger partial charge in [-0.1, -0.05) is 28.6 Å². The Morgan fingerprint density at radius 3 is 2.62 bits per heavy atom. The molecule has 1 saturated heterocycles. The summed E-state index contributed by atoms with van der Waals surface area (Å²) in [5.74, 6) is -1.29.